The van der Waals surface area contributed by atoms with E-state index in [1.54, 1.807) is 0 Å². The standard InChI is InChI=1S/C23H25ClFN3O2S/c1-16-23(21-14-18(24)6-7-22(21)27-16)17-8-12-28(13-9-17)11-3-10-26-31(29,30)20-5-2-4-19(25)15-20/h2,4-8,14-15,26-27H,3,9-13H2,1H3. The monoisotopic (exact) mass is 461 g/mol. The fourth-order valence-corrected chi connectivity index (χ4v) is 5.36. The molecular weight excluding hydrogens is 437 g/mol. The molecule has 8 heteroatoms. The van der Waals surface area contributed by atoms with Crippen LogP contribution in [0.5, 0.6) is 0 Å². The Balaban J connectivity index is 1.33. The van der Waals surface area contributed by atoms with Crippen LogP contribution in [0.2, 0.25) is 5.02 Å². The molecule has 0 spiro atoms. The van der Waals surface area contributed by atoms with Crippen LogP contribution >= 0.6 is 11.6 Å². The number of aryl methyl sites for hydroxylation is 1. The van der Waals surface area contributed by atoms with Crippen molar-refractivity contribution in [2.75, 3.05) is 26.2 Å². The van der Waals surface area contributed by atoms with E-state index in [1.165, 1.54) is 29.3 Å². The number of halogens is 2. The zero-order valence-electron chi connectivity index (χ0n) is 17.3. The van der Waals surface area contributed by atoms with Gasteiger partial charge in [-0.2, -0.15) is 0 Å². The molecular formula is C23H25ClFN3O2S. The van der Waals surface area contributed by atoms with Crippen LogP contribution in [0.1, 0.15) is 24.1 Å². The summed E-state index contributed by atoms with van der Waals surface area (Å²) in [6, 6.07) is 10.9. The van der Waals surface area contributed by atoms with Crippen molar-refractivity contribution < 1.29 is 12.8 Å². The van der Waals surface area contributed by atoms with Crippen LogP contribution in [0.15, 0.2) is 53.4 Å². The smallest absolute Gasteiger partial charge is 0.240 e. The number of hydrogen-bond acceptors (Lipinski definition) is 3. The van der Waals surface area contributed by atoms with Gasteiger partial charge in [0.05, 0.1) is 4.90 Å². The van der Waals surface area contributed by atoms with Crippen LogP contribution < -0.4 is 4.72 Å². The maximum Gasteiger partial charge on any atom is 0.240 e. The van der Waals surface area contributed by atoms with Crippen molar-refractivity contribution >= 4 is 38.1 Å². The highest BCUT2D eigenvalue weighted by Crippen LogP contribution is 2.33. The molecule has 1 aliphatic rings. The van der Waals surface area contributed by atoms with Crippen molar-refractivity contribution in [2.24, 2.45) is 0 Å². The molecule has 5 nitrogen and oxygen atoms in total. The summed E-state index contributed by atoms with van der Waals surface area (Å²) in [5.41, 5.74) is 4.78. The summed E-state index contributed by atoms with van der Waals surface area (Å²) in [7, 11) is -3.69. The quantitative estimate of drug-likeness (QED) is 0.500. The van der Waals surface area contributed by atoms with Crippen LogP contribution in [0.3, 0.4) is 0 Å². The summed E-state index contributed by atoms with van der Waals surface area (Å²) in [5.74, 6) is -0.563. The number of hydrogen-bond donors (Lipinski definition) is 2. The number of aromatic nitrogens is 1. The first-order chi connectivity index (χ1) is 14.8. The Hall–Kier alpha value is -2.19. The number of sulfonamides is 1. The first kappa shape index (κ1) is 22.0. The molecule has 0 aliphatic carbocycles. The Bertz CT molecular complexity index is 1240. The lowest BCUT2D eigenvalue weighted by atomic mass is 9.96. The molecule has 0 saturated heterocycles. The predicted molar refractivity (Wildman–Crippen MR) is 123 cm³/mol. The highest BCUT2D eigenvalue weighted by atomic mass is 35.5. The van der Waals surface area contributed by atoms with Gasteiger partial charge in [-0.05, 0) is 68.3 Å². The number of rotatable bonds is 7. The zero-order valence-corrected chi connectivity index (χ0v) is 18.9. The van der Waals surface area contributed by atoms with Crippen LogP contribution in [-0.2, 0) is 10.0 Å². The second-order valence-electron chi connectivity index (χ2n) is 7.80. The minimum Gasteiger partial charge on any atom is -0.358 e. The van der Waals surface area contributed by atoms with Gasteiger partial charge in [-0.15, -0.1) is 0 Å². The van der Waals surface area contributed by atoms with Gasteiger partial charge in [0, 0.05) is 46.8 Å². The summed E-state index contributed by atoms with van der Waals surface area (Å²) in [6.07, 6.45) is 3.85. The summed E-state index contributed by atoms with van der Waals surface area (Å²) in [6.45, 7) is 4.91. The molecule has 4 rings (SSSR count). The average Bonchev–Trinajstić information content (AvgIpc) is 3.06. The zero-order chi connectivity index (χ0) is 22.0. The summed E-state index contributed by atoms with van der Waals surface area (Å²) in [4.78, 5) is 5.69. The third-order valence-corrected chi connectivity index (χ3v) is 7.31. The maximum atomic E-state index is 13.3. The normalized spacial score (nSPS) is 15.4. The molecule has 164 valence electrons. The molecule has 0 bridgehead atoms. The van der Waals surface area contributed by atoms with Crippen molar-refractivity contribution in [3.05, 3.63) is 70.6 Å². The molecule has 0 radical (unpaired) electrons. The SMILES string of the molecule is Cc1[nH]c2ccc(Cl)cc2c1C1=CCN(CCCNS(=O)(=O)c2cccc(F)c2)CC1. The van der Waals surface area contributed by atoms with E-state index in [2.05, 4.69) is 27.6 Å². The molecule has 1 aliphatic heterocycles. The van der Waals surface area contributed by atoms with Gasteiger partial charge in [0.15, 0.2) is 0 Å². The molecule has 2 N–H and O–H groups in total. The summed E-state index contributed by atoms with van der Waals surface area (Å²) < 4.78 is 40.4. The summed E-state index contributed by atoms with van der Waals surface area (Å²) >= 11 is 6.20. The second-order valence-corrected chi connectivity index (χ2v) is 10.0. The van der Waals surface area contributed by atoms with Gasteiger partial charge < -0.3 is 4.98 Å². The molecule has 2 heterocycles. The van der Waals surface area contributed by atoms with Gasteiger partial charge in [-0.3, -0.25) is 4.90 Å². The molecule has 0 fully saturated rings. The van der Waals surface area contributed by atoms with Crippen LogP contribution in [0, 0.1) is 12.7 Å². The topological polar surface area (TPSA) is 65.2 Å². The highest BCUT2D eigenvalue weighted by Gasteiger charge is 2.19. The van der Waals surface area contributed by atoms with E-state index < -0.39 is 15.8 Å². The Morgan fingerprint density at radius 2 is 2.06 bits per heavy atom. The molecule has 1 aromatic heterocycles. The number of benzene rings is 2. The Labute approximate surface area is 187 Å². The van der Waals surface area contributed by atoms with Crippen LogP contribution in [0.25, 0.3) is 16.5 Å². The predicted octanol–water partition coefficient (Wildman–Crippen LogP) is 4.73. The van der Waals surface area contributed by atoms with E-state index in [-0.39, 0.29) is 4.90 Å². The van der Waals surface area contributed by atoms with E-state index >= 15 is 0 Å². The number of fused-ring (bicyclic) bond motifs is 1. The van der Waals surface area contributed by atoms with Gasteiger partial charge >= 0.3 is 0 Å². The van der Waals surface area contributed by atoms with E-state index in [0.29, 0.717) is 13.0 Å². The van der Waals surface area contributed by atoms with E-state index in [9.17, 15) is 12.8 Å². The molecule has 3 aromatic rings. The lowest BCUT2D eigenvalue weighted by Gasteiger charge is -2.26. The van der Waals surface area contributed by atoms with Crippen molar-refractivity contribution in [3.8, 4) is 0 Å². The summed E-state index contributed by atoms with van der Waals surface area (Å²) in [5, 5.41) is 1.88. The van der Waals surface area contributed by atoms with Gasteiger partial charge in [-0.25, -0.2) is 17.5 Å². The van der Waals surface area contributed by atoms with E-state index in [0.717, 1.165) is 53.7 Å². The molecule has 31 heavy (non-hydrogen) atoms. The molecule has 0 unspecified atom stereocenters. The second kappa shape index (κ2) is 9.12. The Morgan fingerprint density at radius 3 is 2.81 bits per heavy atom. The van der Waals surface area contributed by atoms with Crippen molar-refractivity contribution in [1.29, 1.82) is 0 Å². The van der Waals surface area contributed by atoms with Crippen molar-refractivity contribution in [2.45, 2.75) is 24.7 Å². The number of nitrogens with zero attached hydrogens (tertiary/aromatic N) is 1. The first-order valence-electron chi connectivity index (χ1n) is 10.3. The number of nitrogens with one attached hydrogen (secondary N) is 2. The third kappa shape index (κ3) is 5.01. The van der Waals surface area contributed by atoms with Gasteiger partial charge in [-0.1, -0.05) is 23.7 Å². The lowest BCUT2D eigenvalue weighted by Crippen LogP contribution is -2.32. The largest absolute Gasteiger partial charge is 0.358 e. The molecule has 0 saturated carbocycles. The van der Waals surface area contributed by atoms with Gasteiger partial charge in [0.1, 0.15) is 5.82 Å². The molecule has 0 amide bonds. The minimum absolute atomic E-state index is 0.0488. The van der Waals surface area contributed by atoms with E-state index in [4.69, 9.17) is 11.6 Å². The van der Waals surface area contributed by atoms with Gasteiger partial charge in [0.2, 0.25) is 10.0 Å². The number of H-pyrrole nitrogens is 1. The molecule has 2 aromatic carbocycles. The Kier molecular flexibility index (Phi) is 6.48. The fraction of sp³-hybridized carbons (Fsp3) is 0.304. The van der Waals surface area contributed by atoms with E-state index in [1.807, 2.05) is 18.2 Å². The fourth-order valence-electron chi connectivity index (χ4n) is 4.08. The van der Waals surface area contributed by atoms with Crippen LogP contribution in [-0.4, -0.2) is 44.5 Å². The van der Waals surface area contributed by atoms with Crippen LogP contribution in [0.4, 0.5) is 4.39 Å². The van der Waals surface area contributed by atoms with Crippen molar-refractivity contribution in [3.63, 3.8) is 0 Å². The maximum absolute atomic E-state index is 13.3. The average molecular weight is 462 g/mol. The minimum atomic E-state index is -3.69. The Morgan fingerprint density at radius 1 is 1.23 bits per heavy atom. The molecule has 0 atom stereocenters. The number of aromatic amines is 1. The van der Waals surface area contributed by atoms with Gasteiger partial charge in [0.25, 0.3) is 0 Å². The first-order valence-corrected chi connectivity index (χ1v) is 12.1. The lowest BCUT2D eigenvalue weighted by molar-refractivity contribution is 0.298. The highest BCUT2D eigenvalue weighted by molar-refractivity contribution is 7.89. The third-order valence-electron chi connectivity index (χ3n) is 5.61. The van der Waals surface area contributed by atoms with Crippen molar-refractivity contribution in [1.82, 2.24) is 14.6 Å².